The van der Waals surface area contributed by atoms with Crippen molar-refractivity contribution in [3.8, 4) is 5.69 Å². The van der Waals surface area contributed by atoms with E-state index < -0.39 is 0 Å². The zero-order chi connectivity index (χ0) is 12.1. The van der Waals surface area contributed by atoms with Gasteiger partial charge in [0.15, 0.2) is 0 Å². The Hall–Kier alpha value is -1.32. The summed E-state index contributed by atoms with van der Waals surface area (Å²) in [5.41, 5.74) is 7.70. The molecule has 1 aromatic heterocycles. The standard InChI is InChI=1S/C13H16ClN3/c14-12-9-11(3-1-2-6-15)4-5-13(12)17-8-7-16-10-17/h4-5,7-10H,1-3,6,15H2. The Labute approximate surface area is 106 Å². The quantitative estimate of drug-likeness (QED) is 0.829. The number of hydrogen-bond acceptors (Lipinski definition) is 2. The minimum absolute atomic E-state index is 0.751. The second-order valence-electron chi connectivity index (χ2n) is 4.00. The number of nitrogens with two attached hydrogens (primary N) is 1. The van der Waals surface area contributed by atoms with Crippen LogP contribution < -0.4 is 5.73 Å². The van der Waals surface area contributed by atoms with Crippen LogP contribution in [-0.2, 0) is 6.42 Å². The number of unbranched alkanes of at least 4 members (excludes halogenated alkanes) is 1. The van der Waals surface area contributed by atoms with Crippen molar-refractivity contribution in [3.05, 3.63) is 47.5 Å². The fraction of sp³-hybridized carbons (Fsp3) is 0.308. The zero-order valence-electron chi connectivity index (χ0n) is 9.64. The molecule has 0 unspecified atom stereocenters. The highest BCUT2D eigenvalue weighted by Crippen LogP contribution is 2.22. The first-order valence-electron chi connectivity index (χ1n) is 5.78. The molecule has 0 spiro atoms. The molecule has 0 atom stereocenters. The lowest BCUT2D eigenvalue weighted by atomic mass is 10.1. The van der Waals surface area contributed by atoms with E-state index in [0.717, 1.165) is 36.5 Å². The van der Waals surface area contributed by atoms with E-state index in [1.807, 2.05) is 22.9 Å². The summed E-state index contributed by atoms with van der Waals surface area (Å²) in [5.74, 6) is 0. The first-order chi connectivity index (χ1) is 8.31. The van der Waals surface area contributed by atoms with Gasteiger partial charge >= 0.3 is 0 Å². The molecule has 1 heterocycles. The Bertz CT molecular complexity index is 466. The fourth-order valence-electron chi connectivity index (χ4n) is 1.79. The molecule has 2 N–H and O–H groups in total. The minimum Gasteiger partial charge on any atom is -0.330 e. The van der Waals surface area contributed by atoms with Crippen LogP contribution >= 0.6 is 11.6 Å². The third-order valence-electron chi connectivity index (χ3n) is 2.71. The third-order valence-corrected chi connectivity index (χ3v) is 3.02. The van der Waals surface area contributed by atoms with Crippen LogP contribution in [0.5, 0.6) is 0 Å². The van der Waals surface area contributed by atoms with Gasteiger partial charge in [0, 0.05) is 12.4 Å². The van der Waals surface area contributed by atoms with Gasteiger partial charge in [0.25, 0.3) is 0 Å². The molecular weight excluding hydrogens is 234 g/mol. The second-order valence-corrected chi connectivity index (χ2v) is 4.41. The van der Waals surface area contributed by atoms with Crippen molar-refractivity contribution in [1.29, 1.82) is 0 Å². The largest absolute Gasteiger partial charge is 0.330 e. The number of aromatic nitrogens is 2. The van der Waals surface area contributed by atoms with Gasteiger partial charge in [-0.2, -0.15) is 0 Å². The van der Waals surface area contributed by atoms with E-state index in [2.05, 4.69) is 11.1 Å². The number of halogens is 1. The minimum atomic E-state index is 0.751. The van der Waals surface area contributed by atoms with Crippen LogP contribution in [0.3, 0.4) is 0 Å². The van der Waals surface area contributed by atoms with E-state index in [1.54, 1.807) is 12.5 Å². The van der Waals surface area contributed by atoms with E-state index in [0.29, 0.717) is 0 Å². The van der Waals surface area contributed by atoms with Gasteiger partial charge < -0.3 is 10.3 Å². The smallest absolute Gasteiger partial charge is 0.0992 e. The van der Waals surface area contributed by atoms with Crippen LogP contribution in [0.25, 0.3) is 5.69 Å². The molecule has 2 rings (SSSR count). The van der Waals surface area contributed by atoms with E-state index >= 15 is 0 Å². The van der Waals surface area contributed by atoms with Gasteiger partial charge in [-0.3, -0.25) is 0 Å². The van der Waals surface area contributed by atoms with E-state index in [9.17, 15) is 0 Å². The molecule has 0 radical (unpaired) electrons. The van der Waals surface area contributed by atoms with Crippen molar-refractivity contribution in [2.75, 3.05) is 6.54 Å². The van der Waals surface area contributed by atoms with Crippen LogP contribution in [0.2, 0.25) is 5.02 Å². The van der Waals surface area contributed by atoms with Crippen LogP contribution in [-0.4, -0.2) is 16.1 Å². The molecule has 0 aliphatic rings. The summed E-state index contributed by atoms with van der Waals surface area (Å²) < 4.78 is 1.91. The van der Waals surface area contributed by atoms with Gasteiger partial charge in [-0.25, -0.2) is 4.98 Å². The van der Waals surface area contributed by atoms with Crippen molar-refractivity contribution in [2.45, 2.75) is 19.3 Å². The number of hydrogen-bond donors (Lipinski definition) is 1. The Morgan fingerprint density at radius 2 is 2.18 bits per heavy atom. The molecule has 3 nitrogen and oxygen atoms in total. The van der Waals surface area contributed by atoms with Gasteiger partial charge in [0.2, 0.25) is 0 Å². The predicted molar refractivity (Wildman–Crippen MR) is 70.6 cm³/mol. The van der Waals surface area contributed by atoms with Crippen molar-refractivity contribution >= 4 is 11.6 Å². The normalized spacial score (nSPS) is 10.7. The van der Waals surface area contributed by atoms with Gasteiger partial charge in [0.05, 0.1) is 17.0 Å². The molecule has 2 aromatic rings. The molecule has 0 bridgehead atoms. The van der Waals surface area contributed by atoms with Crippen molar-refractivity contribution in [1.82, 2.24) is 9.55 Å². The maximum atomic E-state index is 6.26. The van der Waals surface area contributed by atoms with Crippen LogP contribution in [0.4, 0.5) is 0 Å². The van der Waals surface area contributed by atoms with E-state index in [4.69, 9.17) is 17.3 Å². The highest BCUT2D eigenvalue weighted by atomic mass is 35.5. The Morgan fingerprint density at radius 3 is 2.82 bits per heavy atom. The molecule has 1 aromatic carbocycles. The van der Waals surface area contributed by atoms with Crippen LogP contribution in [0, 0.1) is 0 Å². The molecule has 17 heavy (non-hydrogen) atoms. The monoisotopic (exact) mass is 249 g/mol. The lowest BCUT2D eigenvalue weighted by molar-refractivity contribution is 0.744. The highest BCUT2D eigenvalue weighted by Gasteiger charge is 2.03. The molecule has 0 saturated heterocycles. The summed E-state index contributed by atoms with van der Waals surface area (Å²) in [6.45, 7) is 0.751. The summed E-state index contributed by atoms with van der Waals surface area (Å²) in [6.07, 6.45) is 8.56. The topological polar surface area (TPSA) is 43.8 Å². The van der Waals surface area contributed by atoms with Crippen molar-refractivity contribution in [2.24, 2.45) is 5.73 Å². The van der Waals surface area contributed by atoms with Crippen LogP contribution in [0.1, 0.15) is 18.4 Å². The molecule has 4 heteroatoms. The first-order valence-corrected chi connectivity index (χ1v) is 6.16. The van der Waals surface area contributed by atoms with Gasteiger partial charge in [-0.05, 0) is 43.5 Å². The van der Waals surface area contributed by atoms with E-state index in [-0.39, 0.29) is 0 Å². The summed E-state index contributed by atoms with van der Waals surface area (Å²) in [4.78, 5) is 4.01. The number of benzene rings is 1. The number of nitrogens with zero attached hydrogens (tertiary/aromatic N) is 2. The van der Waals surface area contributed by atoms with Crippen molar-refractivity contribution in [3.63, 3.8) is 0 Å². The summed E-state index contributed by atoms with van der Waals surface area (Å²) in [6, 6.07) is 6.16. The lowest BCUT2D eigenvalue weighted by Crippen LogP contribution is -1.99. The summed E-state index contributed by atoms with van der Waals surface area (Å²) >= 11 is 6.26. The SMILES string of the molecule is NCCCCc1ccc(-n2ccnc2)c(Cl)c1. The maximum Gasteiger partial charge on any atom is 0.0992 e. The van der Waals surface area contributed by atoms with Gasteiger partial charge in [0.1, 0.15) is 0 Å². The average Bonchev–Trinajstić information content (AvgIpc) is 2.83. The van der Waals surface area contributed by atoms with Gasteiger partial charge in [-0.15, -0.1) is 0 Å². The lowest BCUT2D eigenvalue weighted by Gasteiger charge is -2.07. The first kappa shape index (κ1) is 12.1. The summed E-state index contributed by atoms with van der Waals surface area (Å²) in [5, 5.41) is 0.758. The Kier molecular flexibility index (Phi) is 4.18. The number of imidazole rings is 1. The predicted octanol–water partition coefficient (Wildman–Crippen LogP) is 2.81. The maximum absolute atomic E-state index is 6.26. The molecule has 0 saturated carbocycles. The third kappa shape index (κ3) is 3.08. The molecule has 0 fully saturated rings. The molecule has 90 valence electrons. The van der Waals surface area contributed by atoms with Crippen LogP contribution in [0.15, 0.2) is 36.9 Å². The van der Waals surface area contributed by atoms with E-state index in [1.165, 1.54) is 5.56 Å². The Morgan fingerprint density at radius 1 is 1.29 bits per heavy atom. The zero-order valence-corrected chi connectivity index (χ0v) is 10.4. The Balaban J connectivity index is 2.12. The number of aryl methyl sites for hydroxylation is 1. The molecule has 0 amide bonds. The fourth-order valence-corrected chi connectivity index (χ4v) is 2.09. The van der Waals surface area contributed by atoms with Gasteiger partial charge in [-0.1, -0.05) is 17.7 Å². The highest BCUT2D eigenvalue weighted by molar-refractivity contribution is 6.32. The molecule has 0 aliphatic carbocycles. The van der Waals surface area contributed by atoms with Crippen molar-refractivity contribution < 1.29 is 0 Å². The second kappa shape index (κ2) is 5.84. The number of rotatable bonds is 5. The average molecular weight is 250 g/mol. The molecule has 0 aliphatic heterocycles. The molecular formula is C13H16ClN3. The summed E-state index contributed by atoms with van der Waals surface area (Å²) in [7, 11) is 0.